The molecule has 0 aliphatic rings. The number of nitrogen functional groups attached to an aromatic ring is 1. The van der Waals surface area contributed by atoms with Crippen LogP contribution in [0, 0.1) is 0 Å². The van der Waals surface area contributed by atoms with Gasteiger partial charge in [-0.25, -0.2) is 9.97 Å². The highest BCUT2D eigenvalue weighted by molar-refractivity contribution is 6.30. The largest absolute Gasteiger partial charge is 0.399 e. The smallest absolute Gasteiger partial charge is 0.137 e. The SMILES string of the molecule is Nc1ccc2ncnc(NCc3cccc(Cl)c3)c2c1. The third kappa shape index (κ3) is 2.65. The van der Waals surface area contributed by atoms with Crippen LogP contribution in [-0.4, -0.2) is 9.97 Å². The average Bonchev–Trinajstić information content (AvgIpc) is 2.45. The molecule has 20 heavy (non-hydrogen) atoms. The van der Waals surface area contributed by atoms with Crippen LogP contribution in [0.3, 0.4) is 0 Å². The fraction of sp³-hybridized carbons (Fsp3) is 0.0667. The molecule has 0 fully saturated rings. The number of hydrogen-bond acceptors (Lipinski definition) is 4. The second kappa shape index (κ2) is 5.35. The van der Waals surface area contributed by atoms with Crippen molar-refractivity contribution in [3.05, 3.63) is 59.4 Å². The van der Waals surface area contributed by atoms with Gasteiger partial charge >= 0.3 is 0 Å². The molecule has 0 spiro atoms. The lowest BCUT2D eigenvalue weighted by Crippen LogP contribution is -2.02. The van der Waals surface area contributed by atoms with Gasteiger partial charge in [-0.2, -0.15) is 0 Å². The van der Waals surface area contributed by atoms with E-state index in [-0.39, 0.29) is 0 Å². The summed E-state index contributed by atoms with van der Waals surface area (Å²) < 4.78 is 0. The molecule has 100 valence electrons. The lowest BCUT2D eigenvalue weighted by Gasteiger charge is -2.09. The van der Waals surface area contributed by atoms with Gasteiger partial charge in [0.2, 0.25) is 0 Å². The van der Waals surface area contributed by atoms with Crippen molar-refractivity contribution in [1.82, 2.24) is 9.97 Å². The number of benzene rings is 2. The van der Waals surface area contributed by atoms with Crippen molar-refractivity contribution in [2.24, 2.45) is 0 Å². The van der Waals surface area contributed by atoms with E-state index in [0.29, 0.717) is 12.2 Å². The number of hydrogen-bond donors (Lipinski definition) is 2. The van der Waals surface area contributed by atoms with Crippen molar-refractivity contribution in [3.8, 4) is 0 Å². The summed E-state index contributed by atoms with van der Waals surface area (Å²) in [5.41, 5.74) is 8.47. The normalized spacial score (nSPS) is 10.7. The zero-order valence-corrected chi connectivity index (χ0v) is 11.4. The molecule has 1 aromatic heterocycles. The molecule has 4 nitrogen and oxygen atoms in total. The summed E-state index contributed by atoms with van der Waals surface area (Å²) in [5, 5.41) is 4.93. The first-order chi connectivity index (χ1) is 9.72. The molecular formula is C15H13ClN4. The van der Waals surface area contributed by atoms with Crippen molar-refractivity contribution >= 4 is 34.0 Å². The Hall–Kier alpha value is -2.33. The minimum absolute atomic E-state index is 0.640. The highest BCUT2D eigenvalue weighted by Gasteiger charge is 2.04. The maximum absolute atomic E-state index is 5.97. The van der Waals surface area contributed by atoms with Gasteiger partial charge in [-0.1, -0.05) is 23.7 Å². The lowest BCUT2D eigenvalue weighted by atomic mass is 10.2. The van der Waals surface area contributed by atoms with Gasteiger partial charge in [-0.3, -0.25) is 0 Å². The standard InChI is InChI=1S/C15H13ClN4/c16-11-3-1-2-10(6-11)8-18-15-13-7-12(17)4-5-14(13)19-9-20-15/h1-7,9H,8,17H2,(H,18,19,20). The van der Waals surface area contributed by atoms with Gasteiger partial charge < -0.3 is 11.1 Å². The predicted octanol–water partition coefficient (Wildman–Crippen LogP) is 3.48. The van der Waals surface area contributed by atoms with E-state index in [2.05, 4.69) is 15.3 Å². The first-order valence-electron chi connectivity index (χ1n) is 6.21. The zero-order valence-electron chi connectivity index (χ0n) is 10.7. The van der Waals surface area contributed by atoms with Gasteiger partial charge in [0.15, 0.2) is 0 Å². The van der Waals surface area contributed by atoms with Crippen LogP contribution in [-0.2, 0) is 6.54 Å². The Labute approximate surface area is 121 Å². The maximum Gasteiger partial charge on any atom is 0.137 e. The number of anilines is 2. The summed E-state index contributed by atoms with van der Waals surface area (Å²) in [6, 6.07) is 13.3. The third-order valence-corrected chi connectivity index (χ3v) is 3.24. The van der Waals surface area contributed by atoms with Crippen LogP contribution in [0.4, 0.5) is 11.5 Å². The van der Waals surface area contributed by atoms with Gasteiger partial charge in [0.25, 0.3) is 0 Å². The summed E-state index contributed by atoms with van der Waals surface area (Å²) in [5.74, 6) is 0.766. The van der Waals surface area contributed by atoms with Crippen molar-refractivity contribution in [2.75, 3.05) is 11.1 Å². The molecule has 0 saturated carbocycles. The predicted molar refractivity (Wildman–Crippen MR) is 82.7 cm³/mol. The number of nitrogens with two attached hydrogens (primary N) is 1. The van der Waals surface area contributed by atoms with Crippen LogP contribution in [0.25, 0.3) is 10.9 Å². The average molecular weight is 285 g/mol. The van der Waals surface area contributed by atoms with Crippen LogP contribution < -0.4 is 11.1 Å². The molecular weight excluding hydrogens is 272 g/mol. The van der Waals surface area contributed by atoms with E-state index >= 15 is 0 Å². The Morgan fingerprint density at radius 2 is 2.00 bits per heavy atom. The summed E-state index contributed by atoms with van der Waals surface area (Å²) >= 11 is 5.97. The lowest BCUT2D eigenvalue weighted by molar-refractivity contribution is 1.10. The number of nitrogens with one attached hydrogen (secondary N) is 1. The van der Waals surface area contributed by atoms with Gasteiger partial charge in [-0.05, 0) is 35.9 Å². The second-order valence-electron chi connectivity index (χ2n) is 4.48. The number of fused-ring (bicyclic) bond motifs is 1. The summed E-state index contributed by atoms with van der Waals surface area (Å²) in [4.78, 5) is 8.50. The van der Waals surface area contributed by atoms with Crippen molar-refractivity contribution in [3.63, 3.8) is 0 Å². The van der Waals surface area contributed by atoms with Crippen LogP contribution in [0.2, 0.25) is 5.02 Å². The van der Waals surface area contributed by atoms with Gasteiger partial charge in [0.05, 0.1) is 5.52 Å². The fourth-order valence-corrected chi connectivity index (χ4v) is 2.26. The molecule has 5 heteroatoms. The summed E-state index contributed by atoms with van der Waals surface area (Å²) in [7, 11) is 0. The molecule has 0 amide bonds. The molecule has 0 aliphatic heterocycles. The van der Waals surface area contributed by atoms with E-state index in [0.717, 1.165) is 27.3 Å². The van der Waals surface area contributed by atoms with E-state index in [1.54, 1.807) is 6.33 Å². The number of halogens is 1. The van der Waals surface area contributed by atoms with E-state index in [9.17, 15) is 0 Å². The summed E-state index contributed by atoms with van der Waals surface area (Å²) in [6.45, 7) is 0.640. The molecule has 0 aliphatic carbocycles. The van der Waals surface area contributed by atoms with Crippen LogP contribution >= 0.6 is 11.6 Å². The number of rotatable bonds is 3. The Bertz CT molecular complexity index is 758. The van der Waals surface area contributed by atoms with E-state index in [1.807, 2.05) is 42.5 Å². The quantitative estimate of drug-likeness (QED) is 0.723. The molecule has 0 radical (unpaired) electrons. The van der Waals surface area contributed by atoms with Gasteiger partial charge in [-0.15, -0.1) is 0 Å². The van der Waals surface area contributed by atoms with Crippen molar-refractivity contribution in [1.29, 1.82) is 0 Å². The van der Waals surface area contributed by atoms with Gasteiger partial charge in [0, 0.05) is 22.6 Å². The van der Waals surface area contributed by atoms with E-state index in [4.69, 9.17) is 17.3 Å². The Balaban J connectivity index is 1.89. The number of aromatic nitrogens is 2. The molecule has 2 aromatic carbocycles. The van der Waals surface area contributed by atoms with Crippen molar-refractivity contribution in [2.45, 2.75) is 6.54 Å². The Kier molecular flexibility index (Phi) is 3.39. The topological polar surface area (TPSA) is 63.8 Å². The minimum atomic E-state index is 0.640. The third-order valence-electron chi connectivity index (χ3n) is 3.01. The minimum Gasteiger partial charge on any atom is -0.399 e. The maximum atomic E-state index is 5.97. The van der Waals surface area contributed by atoms with Crippen LogP contribution in [0.5, 0.6) is 0 Å². The first kappa shape index (κ1) is 12.7. The second-order valence-corrected chi connectivity index (χ2v) is 4.92. The summed E-state index contributed by atoms with van der Waals surface area (Å²) in [6.07, 6.45) is 1.54. The highest BCUT2D eigenvalue weighted by atomic mass is 35.5. The molecule has 0 unspecified atom stereocenters. The Morgan fingerprint density at radius 1 is 1.10 bits per heavy atom. The highest BCUT2D eigenvalue weighted by Crippen LogP contribution is 2.22. The first-order valence-corrected chi connectivity index (χ1v) is 6.59. The Morgan fingerprint density at radius 3 is 2.85 bits per heavy atom. The molecule has 0 bridgehead atoms. The molecule has 0 atom stereocenters. The zero-order chi connectivity index (χ0) is 13.9. The van der Waals surface area contributed by atoms with E-state index in [1.165, 1.54) is 0 Å². The molecule has 3 aromatic rings. The number of nitrogens with zero attached hydrogens (tertiary/aromatic N) is 2. The fourth-order valence-electron chi connectivity index (χ4n) is 2.05. The van der Waals surface area contributed by atoms with Crippen LogP contribution in [0.15, 0.2) is 48.8 Å². The molecule has 0 saturated heterocycles. The molecule has 3 rings (SSSR count). The molecule has 1 heterocycles. The monoisotopic (exact) mass is 284 g/mol. The van der Waals surface area contributed by atoms with Gasteiger partial charge in [0.1, 0.15) is 12.1 Å². The van der Waals surface area contributed by atoms with E-state index < -0.39 is 0 Å². The molecule has 3 N–H and O–H groups in total. The van der Waals surface area contributed by atoms with Crippen molar-refractivity contribution < 1.29 is 0 Å². The van der Waals surface area contributed by atoms with Crippen LogP contribution in [0.1, 0.15) is 5.56 Å².